The van der Waals surface area contributed by atoms with E-state index in [1.807, 2.05) is 0 Å². The Labute approximate surface area is 64.3 Å². The van der Waals surface area contributed by atoms with Crippen LogP contribution in [0.1, 0.15) is 6.92 Å². The summed E-state index contributed by atoms with van der Waals surface area (Å²) in [5.74, 6) is -2.42. The quantitative estimate of drug-likeness (QED) is 0.266. The van der Waals surface area contributed by atoms with Gasteiger partial charge in [-0.3, -0.25) is 10.2 Å². The van der Waals surface area contributed by atoms with Gasteiger partial charge in [-0.25, -0.2) is 0 Å². The molecule has 58 valence electrons. The minimum Gasteiger partial charge on any atom is -0.481 e. The van der Waals surface area contributed by atoms with Gasteiger partial charge in [0.1, 0.15) is 11.8 Å². The molecule has 0 heterocycles. The number of amidine groups is 1. The fourth-order valence-electron chi connectivity index (χ4n) is 0.599. The van der Waals surface area contributed by atoms with E-state index < -0.39 is 17.1 Å². The van der Waals surface area contributed by atoms with Gasteiger partial charge in [-0.15, -0.1) is 0 Å². The molecule has 4 N–H and O–H groups in total. The van der Waals surface area contributed by atoms with Crippen molar-refractivity contribution in [2.24, 2.45) is 11.7 Å². The van der Waals surface area contributed by atoms with E-state index in [1.165, 1.54) is 0 Å². The monoisotopic (exact) mass is 162 g/mol. The van der Waals surface area contributed by atoms with Gasteiger partial charge in [-0.1, -0.05) is 6.92 Å². The van der Waals surface area contributed by atoms with Crippen molar-refractivity contribution >= 4 is 24.4 Å². The van der Waals surface area contributed by atoms with Crippen LogP contribution in [0.15, 0.2) is 0 Å². The molecule has 2 atom stereocenters. The number of rotatable bonds is 3. The Bertz CT molecular complexity index is 144. The third-order valence-electron chi connectivity index (χ3n) is 1.08. The molecule has 0 aromatic rings. The van der Waals surface area contributed by atoms with Crippen LogP contribution in [0.3, 0.4) is 0 Å². The van der Waals surface area contributed by atoms with Crippen LogP contribution in [0.25, 0.3) is 0 Å². The summed E-state index contributed by atoms with van der Waals surface area (Å²) < 4.78 is 0. The fraction of sp³-hybridized carbons (Fsp3) is 0.600. The van der Waals surface area contributed by atoms with Gasteiger partial charge >= 0.3 is 5.97 Å². The van der Waals surface area contributed by atoms with Crippen molar-refractivity contribution in [1.29, 1.82) is 5.41 Å². The summed E-state index contributed by atoms with van der Waals surface area (Å²) in [6, 6.07) is 0. The van der Waals surface area contributed by atoms with Gasteiger partial charge in [0.25, 0.3) is 0 Å². The zero-order valence-corrected chi connectivity index (χ0v) is 6.43. The first-order valence-corrected chi connectivity index (χ1v) is 3.23. The molecule has 0 saturated carbocycles. The molecule has 4 nitrogen and oxygen atoms in total. The Morgan fingerprint density at radius 2 is 2.20 bits per heavy atom. The lowest BCUT2D eigenvalue weighted by Gasteiger charge is -2.12. The number of carbonyl (C=O) groups is 1. The standard InChI is InChI=1S/C5H10N2O2S/c1-2(10)3(4(6)7)5(8)9/h2-3,10H,1H3,(H3,6,7)(H,8,9). The van der Waals surface area contributed by atoms with E-state index in [2.05, 4.69) is 12.6 Å². The molecule has 0 radical (unpaired) electrons. The molecule has 0 aromatic carbocycles. The summed E-state index contributed by atoms with van der Waals surface area (Å²) in [4.78, 5) is 10.3. The molecule has 0 saturated heterocycles. The highest BCUT2D eigenvalue weighted by Gasteiger charge is 2.24. The third-order valence-corrected chi connectivity index (χ3v) is 1.38. The molecule has 2 unspecified atom stereocenters. The predicted octanol–water partition coefficient (Wildman–Crippen LogP) is -0.0585. The van der Waals surface area contributed by atoms with Crippen LogP contribution in [-0.2, 0) is 4.79 Å². The van der Waals surface area contributed by atoms with E-state index in [-0.39, 0.29) is 5.84 Å². The maximum Gasteiger partial charge on any atom is 0.315 e. The molecule has 0 aromatic heterocycles. The number of aliphatic carboxylic acids is 1. The lowest BCUT2D eigenvalue weighted by atomic mass is 10.1. The van der Waals surface area contributed by atoms with Crippen molar-refractivity contribution in [3.05, 3.63) is 0 Å². The zero-order chi connectivity index (χ0) is 8.31. The Morgan fingerprint density at radius 3 is 2.20 bits per heavy atom. The normalized spacial score (nSPS) is 15.8. The molecule has 0 rings (SSSR count). The minimum absolute atomic E-state index is 0.352. The van der Waals surface area contributed by atoms with Gasteiger partial charge < -0.3 is 10.8 Å². The highest BCUT2D eigenvalue weighted by Crippen LogP contribution is 2.08. The number of carboxylic acids is 1. The smallest absolute Gasteiger partial charge is 0.315 e. The van der Waals surface area contributed by atoms with E-state index in [4.69, 9.17) is 16.2 Å². The zero-order valence-electron chi connectivity index (χ0n) is 5.53. The average Bonchev–Trinajstić information content (AvgIpc) is 1.59. The summed E-state index contributed by atoms with van der Waals surface area (Å²) in [5.41, 5.74) is 4.99. The van der Waals surface area contributed by atoms with Gasteiger partial charge in [-0.05, 0) is 0 Å². The van der Waals surface area contributed by atoms with Gasteiger partial charge in [0.15, 0.2) is 0 Å². The molecular formula is C5H10N2O2S. The SMILES string of the molecule is CC(S)C(C(=N)N)C(=O)O. The Morgan fingerprint density at radius 1 is 1.80 bits per heavy atom. The Hall–Kier alpha value is -0.710. The van der Waals surface area contributed by atoms with Crippen molar-refractivity contribution in [3.8, 4) is 0 Å². The number of hydrogen-bond acceptors (Lipinski definition) is 3. The highest BCUT2D eigenvalue weighted by molar-refractivity contribution is 7.81. The van der Waals surface area contributed by atoms with Crippen LogP contribution in [0.2, 0.25) is 0 Å². The van der Waals surface area contributed by atoms with Crippen molar-refractivity contribution in [1.82, 2.24) is 0 Å². The molecule has 0 fully saturated rings. The summed E-state index contributed by atoms with van der Waals surface area (Å²) >= 11 is 3.87. The van der Waals surface area contributed by atoms with Crippen LogP contribution in [-0.4, -0.2) is 22.2 Å². The molecule has 0 spiro atoms. The summed E-state index contributed by atoms with van der Waals surface area (Å²) in [7, 11) is 0. The number of carboxylic acid groups (broad SMARTS) is 1. The molecular weight excluding hydrogens is 152 g/mol. The van der Waals surface area contributed by atoms with E-state index in [9.17, 15) is 4.79 Å². The van der Waals surface area contributed by atoms with Gasteiger partial charge in [-0.2, -0.15) is 12.6 Å². The van der Waals surface area contributed by atoms with Gasteiger partial charge in [0.05, 0.1) is 0 Å². The van der Waals surface area contributed by atoms with Crippen LogP contribution >= 0.6 is 12.6 Å². The van der Waals surface area contributed by atoms with E-state index in [0.717, 1.165) is 0 Å². The average molecular weight is 162 g/mol. The minimum atomic E-state index is -1.10. The largest absolute Gasteiger partial charge is 0.481 e. The van der Waals surface area contributed by atoms with Crippen LogP contribution in [0, 0.1) is 11.3 Å². The molecule has 0 aliphatic carbocycles. The number of nitrogens with two attached hydrogens (primary N) is 1. The first kappa shape index (κ1) is 9.29. The lowest BCUT2D eigenvalue weighted by molar-refractivity contribution is -0.139. The predicted molar refractivity (Wildman–Crippen MR) is 41.5 cm³/mol. The van der Waals surface area contributed by atoms with Crippen LogP contribution < -0.4 is 5.73 Å². The first-order valence-electron chi connectivity index (χ1n) is 2.71. The van der Waals surface area contributed by atoms with Gasteiger partial charge in [0, 0.05) is 5.25 Å². The van der Waals surface area contributed by atoms with E-state index >= 15 is 0 Å². The summed E-state index contributed by atoms with van der Waals surface area (Å²) in [5, 5.41) is 14.9. The van der Waals surface area contributed by atoms with Crippen molar-refractivity contribution < 1.29 is 9.90 Å². The second-order valence-corrected chi connectivity index (χ2v) is 2.83. The lowest BCUT2D eigenvalue weighted by Crippen LogP contribution is -2.35. The van der Waals surface area contributed by atoms with Crippen molar-refractivity contribution in [2.45, 2.75) is 12.2 Å². The molecule has 10 heavy (non-hydrogen) atoms. The Balaban J connectivity index is 4.27. The maximum atomic E-state index is 10.3. The van der Waals surface area contributed by atoms with Crippen molar-refractivity contribution in [2.75, 3.05) is 0 Å². The highest BCUT2D eigenvalue weighted by atomic mass is 32.1. The van der Waals surface area contributed by atoms with Crippen LogP contribution in [0.4, 0.5) is 0 Å². The van der Waals surface area contributed by atoms with Gasteiger partial charge in [0.2, 0.25) is 0 Å². The molecule has 0 amide bonds. The second kappa shape index (κ2) is 3.46. The topological polar surface area (TPSA) is 87.2 Å². The molecule has 0 bridgehead atoms. The summed E-state index contributed by atoms with van der Waals surface area (Å²) in [6.07, 6.45) is 0. The summed E-state index contributed by atoms with van der Waals surface area (Å²) in [6.45, 7) is 1.59. The fourth-order valence-corrected chi connectivity index (χ4v) is 0.887. The first-order chi connectivity index (χ1) is 4.46. The Kier molecular flexibility index (Phi) is 3.21. The molecule has 0 aliphatic rings. The maximum absolute atomic E-state index is 10.3. The molecule has 0 aliphatic heterocycles. The molecule has 5 heteroatoms. The second-order valence-electron chi connectivity index (χ2n) is 2.01. The van der Waals surface area contributed by atoms with E-state index in [1.54, 1.807) is 6.92 Å². The van der Waals surface area contributed by atoms with Crippen LogP contribution in [0.5, 0.6) is 0 Å². The number of nitrogens with one attached hydrogen (secondary N) is 1. The number of hydrogen-bond donors (Lipinski definition) is 4. The van der Waals surface area contributed by atoms with E-state index in [0.29, 0.717) is 0 Å². The third kappa shape index (κ3) is 2.26. The number of thiol groups is 1. The van der Waals surface area contributed by atoms with Crippen molar-refractivity contribution in [3.63, 3.8) is 0 Å².